The molecule has 0 saturated heterocycles. The van der Waals surface area contributed by atoms with Crippen LogP contribution in [0.15, 0.2) is 34.8 Å². The third-order valence-corrected chi connectivity index (χ3v) is 5.88. The molecule has 104 valence electrons. The second-order valence-corrected chi connectivity index (χ2v) is 7.53. The molecule has 1 atom stereocenters. The van der Waals surface area contributed by atoms with Crippen molar-refractivity contribution in [2.24, 2.45) is 7.05 Å². The van der Waals surface area contributed by atoms with Crippen molar-refractivity contribution in [3.8, 4) is 0 Å². The van der Waals surface area contributed by atoms with Gasteiger partial charge in [0, 0.05) is 31.2 Å². The van der Waals surface area contributed by atoms with Gasteiger partial charge in [-0.3, -0.25) is 4.68 Å². The van der Waals surface area contributed by atoms with E-state index in [9.17, 15) is 8.42 Å². The van der Waals surface area contributed by atoms with E-state index < -0.39 is 10.0 Å². The van der Waals surface area contributed by atoms with Crippen LogP contribution in [0.5, 0.6) is 0 Å². The van der Waals surface area contributed by atoms with Crippen LogP contribution in [-0.4, -0.2) is 35.6 Å². The molecule has 1 unspecified atom stereocenters. The third kappa shape index (κ3) is 3.05. The van der Waals surface area contributed by atoms with Crippen molar-refractivity contribution < 1.29 is 8.42 Å². The third-order valence-electron chi connectivity index (χ3n) is 3.06. The number of thiophene rings is 1. The Bertz CT molecular complexity index is 632. The van der Waals surface area contributed by atoms with E-state index in [4.69, 9.17) is 0 Å². The number of hydrogen-bond donors (Lipinski definition) is 0. The van der Waals surface area contributed by atoms with Crippen molar-refractivity contribution in [1.82, 2.24) is 14.1 Å². The fourth-order valence-corrected chi connectivity index (χ4v) is 3.96. The Morgan fingerprint density at radius 3 is 2.79 bits per heavy atom. The summed E-state index contributed by atoms with van der Waals surface area (Å²) in [4.78, 5) is 1.41. The summed E-state index contributed by atoms with van der Waals surface area (Å²) in [6.45, 7) is 1.91. The van der Waals surface area contributed by atoms with E-state index in [0.29, 0.717) is 6.42 Å². The van der Waals surface area contributed by atoms with Crippen molar-refractivity contribution >= 4 is 21.4 Å². The topological polar surface area (TPSA) is 55.2 Å². The first-order valence-corrected chi connectivity index (χ1v) is 8.22. The van der Waals surface area contributed by atoms with Gasteiger partial charge in [-0.1, -0.05) is 6.07 Å². The lowest BCUT2D eigenvalue weighted by Gasteiger charge is -2.23. The van der Waals surface area contributed by atoms with Crippen molar-refractivity contribution in [1.29, 1.82) is 0 Å². The molecule has 0 aromatic carbocycles. The van der Waals surface area contributed by atoms with Crippen LogP contribution in [0.2, 0.25) is 0 Å². The zero-order valence-corrected chi connectivity index (χ0v) is 12.8. The summed E-state index contributed by atoms with van der Waals surface area (Å²) in [5.41, 5.74) is 0. The normalized spacial score (nSPS) is 13.9. The number of rotatable bonds is 5. The maximum absolute atomic E-state index is 12.4. The van der Waals surface area contributed by atoms with Crippen LogP contribution in [0.4, 0.5) is 0 Å². The van der Waals surface area contributed by atoms with Crippen molar-refractivity contribution in [3.63, 3.8) is 0 Å². The number of aryl methyl sites for hydroxylation is 1. The van der Waals surface area contributed by atoms with Gasteiger partial charge in [-0.05, 0) is 24.8 Å². The van der Waals surface area contributed by atoms with Gasteiger partial charge in [-0.25, -0.2) is 8.42 Å². The molecule has 0 aliphatic heterocycles. The van der Waals surface area contributed by atoms with Crippen LogP contribution >= 0.6 is 11.3 Å². The predicted octanol–water partition coefficient (Wildman–Crippen LogP) is 1.73. The summed E-state index contributed by atoms with van der Waals surface area (Å²) < 4.78 is 27.7. The molecule has 0 fully saturated rings. The van der Waals surface area contributed by atoms with E-state index >= 15 is 0 Å². The number of aromatic nitrogens is 2. The lowest BCUT2D eigenvalue weighted by molar-refractivity contribution is 0.388. The number of hydrogen-bond acceptors (Lipinski definition) is 4. The molecular weight excluding hydrogens is 282 g/mol. The molecule has 19 heavy (non-hydrogen) atoms. The predicted molar refractivity (Wildman–Crippen MR) is 75.6 cm³/mol. The van der Waals surface area contributed by atoms with Gasteiger partial charge in [0.15, 0.2) is 0 Å². The summed E-state index contributed by atoms with van der Waals surface area (Å²) in [7, 11) is -0.152. The van der Waals surface area contributed by atoms with Crippen LogP contribution in [-0.2, 0) is 23.5 Å². The highest BCUT2D eigenvalue weighted by atomic mass is 32.2. The molecular formula is C12H17N3O2S2. The van der Waals surface area contributed by atoms with Crippen LogP contribution in [0.1, 0.15) is 11.8 Å². The van der Waals surface area contributed by atoms with E-state index in [1.165, 1.54) is 26.3 Å². The van der Waals surface area contributed by atoms with Gasteiger partial charge in [-0.15, -0.1) is 11.3 Å². The summed E-state index contributed by atoms with van der Waals surface area (Å²) in [5, 5.41) is 5.91. The van der Waals surface area contributed by atoms with Gasteiger partial charge in [0.05, 0.1) is 6.20 Å². The standard InChI is InChI=1S/C12H17N3O2S2/c1-10(7-11-5-4-6-18-11)15(3)19(16,17)12-8-13-14(2)9-12/h4-6,8-10H,7H2,1-3H3. The Kier molecular flexibility index (Phi) is 4.07. The van der Waals surface area contributed by atoms with Crippen LogP contribution in [0.25, 0.3) is 0 Å². The Labute approximate surface area is 117 Å². The summed E-state index contributed by atoms with van der Waals surface area (Å²) in [6.07, 6.45) is 3.61. The molecule has 2 aromatic heterocycles. The zero-order valence-electron chi connectivity index (χ0n) is 11.1. The molecule has 0 aliphatic carbocycles. The van der Waals surface area contributed by atoms with E-state index in [2.05, 4.69) is 5.10 Å². The van der Waals surface area contributed by atoms with Crippen molar-refractivity contribution in [3.05, 3.63) is 34.8 Å². The van der Waals surface area contributed by atoms with Gasteiger partial charge in [0.2, 0.25) is 10.0 Å². The first kappa shape index (κ1) is 14.2. The van der Waals surface area contributed by atoms with Gasteiger partial charge in [0.1, 0.15) is 4.90 Å². The quantitative estimate of drug-likeness (QED) is 0.845. The van der Waals surface area contributed by atoms with E-state index in [1.807, 2.05) is 24.4 Å². The second-order valence-electron chi connectivity index (χ2n) is 4.50. The molecule has 5 nitrogen and oxygen atoms in total. The number of nitrogens with zero attached hydrogens (tertiary/aromatic N) is 3. The molecule has 0 aliphatic rings. The van der Waals surface area contributed by atoms with Gasteiger partial charge >= 0.3 is 0 Å². The smallest absolute Gasteiger partial charge is 0.246 e. The van der Waals surface area contributed by atoms with E-state index in [-0.39, 0.29) is 10.9 Å². The Hall–Kier alpha value is -1.18. The Morgan fingerprint density at radius 2 is 2.26 bits per heavy atom. The minimum Gasteiger partial charge on any atom is -0.274 e. The molecule has 0 saturated carbocycles. The first-order chi connectivity index (χ1) is 8.91. The Balaban J connectivity index is 2.16. The average Bonchev–Trinajstić information content (AvgIpc) is 2.99. The number of sulfonamides is 1. The fraction of sp³-hybridized carbons (Fsp3) is 0.417. The molecule has 2 aromatic rings. The van der Waals surface area contributed by atoms with Gasteiger partial charge < -0.3 is 0 Å². The maximum atomic E-state index is 12.4. The van der Waals surface area contributed by atoms with Crippen molar-refractivity contribution in [2.45, 2.75) is 24.3 Å². The molecule has 0 N–H and O–H groups in total. The molecule has 2 rings (SSSR count). The minimum absolute atomic E-state index is 0.0937. The molecule has 2 heterocycles. The highest BCUT2D eigenvalue weighted by molar-refractivity contribution is 7.89. The van der Waals surface area contributed by atoms with Crippen molar-refractivity contribution in [2.75, 3.05) is 7.05 Å². The van der Waals surface area contributed by atoms with E-state index in [1.54, 1.807) is 25.4 Å². The van der Waals surface area contributed by atoms with Gasteiger partial charge in [-0.2, -0.15) is 9.40 Å². The minimum atomic E-state index is -3.47. The molecule has 0 radical (unpaired) electrons. The second kappa shape index (κ2) is 5.44. The maximum Gasteiger partial charge on any atom is 0.246 e. The Morgan fingerprint density at radius 1 is 1.53 bits per heavy atom. The van der Waals surface area contributed by atoms with Crippen LogP contribution < -0.4 is 0 Å². The fourth-order valence-electron chi connectivity index (χ4n) is 1.78. The molecule has 0 amide bonds. The highest BCUT2D eigenvalue weighted by Gasteiger charge is 2.26. The van der Waals surface area contributed by atoms with Gasteiger partial charge in [0.25, 0.3) is 0 Å². The van der Waals surface area contributed by atoms with Crippen LogP contribution in [0, 0.1) is 0 Å². The SMILES string of the molecule is CC(Cc1cccs1)N(C)S(=O)(=O)c1cnn(C)c1. The summed E-state index contributed by atoms with van der Waals surface area (Å²) >= 11 is 1.64. The highest BCUT2D eigenvalue weighted by Crippen LogP contribution is 2.19. The first-order valence-electron chi connectivity index (χ1n) is 5.90. The molecule has 0 bridgehead atoms. The summed E-state index contributed by atoms with van der Waals surface area (Å²) in [6, 6.07) is 3.90. The average molecular weight is 299 g/mol. The van der Waals surface area contributed by atoms with E-state index in [0.717, 1.165) is 0 Å². The monoisotopic (exact) mass is 299 g/mol. The van der Waals surface area contributed by atoms with Crippen LogP contribution in [0.3, 0.4) is 0 Å². The lowest BCUT2D eigenvalue weighted by Crippen LogP contribution is -2.36. The molecule has 0 spiro atoms. The largest absolute Gasteiger partial charge is 0.274 e. The molecule has 7 heteroatoms. The lowest BCUT2D eigenvalue weighted by atomic mass is 10.2. The summed E-state index contributed by atoms with van der Waals surface area (Å²) in [5.74, 6) is 0. The number of likely N-dealkylation sites (N-methyl/N-ethyl adjacent to an activating group) is 1. The zero-order chi connectivity index (χ0) is 14.0.